The van der Waals surface area contributed by atoms with E-state index in [1.165, 1.54) is 0 Å². The van der Waals surface area contributed by atoms with Gasteiger partial charge in [-0.25, -0.2) is 0 Å². The molecule has 2 atom stereocenters. The molecule has 1 unspecified atom stereocenters. The number of amides is 1. The third-order valence-electron chi connectivity index (χ3n) is 3.22. The van der Waals surface area contributed by atoms with Gasteiger partial charge in [-0.3, -0.25) is 4.79 Å². The van der Waals surface area contributed by atoms with Crippen molar-refractivity contribution >= 4 is 17.7 Å². The zero-order chi connectivity index (χ0) is 12.8. The van der Waals surface area contributed by atoms with Crippen LogP contribution in [0.25, 0.3) is 0 Å². The molecule has 0 bridgehead atoms. The highest BCUT2D eigenvalue weighted by atomic mass is 32.2. The van der Waals surface area contributed by atoms with E-state index in [0.717, 1.165) is 31.5 Å². The highest BCUT2D eigenvalue weighted by Crippen LogP contribution is 2.26. The first-order chi connectivity index (χ1) is 8.81. The highest BCUT2D eigenvalue weighted by molar-refractivity contribution is 7.99. The average Bonchev–Trinajstić information content (AvgIpc) is 2.42. The zero-order valence-electron chi connectivity index (χ0n) is 10.7. The molecule has 1 saturated heterocycles. The molecule has 3 nitrogen and oxygen atoms in total. The van der Waals surface area contributed by atoms with E-state index in [9.17, 15) is 4.79 Å². The molecule has 2 N–H and O–H groups in total. The van der Waals surface area contributed by atoms with E-state index in [2.05, 4.69) is 10.6 Å². The summed E-state index contributed by atoms with van der Waals surface area (Å²) in [5.74, 6) is 0.127. The fourth-order valence-corrected chi connectivity index (χ4v) is 2.99. The van der Waals surface area contributed by atoms with Crippen LogP contribution in [0.2, 0.25) is 0 Å². The molecule has 0 aromatic heterocycles. The van der Waals surface area contributed by atoms with Crippen molar-refractivity contribution in [3.63, 3.8) is 0 Å². The summed E-state index contributed by atoms with van der Waals surface area (Å²) in [6.45, 7) is 1.96. The highest BCUT2D eigenvalue weighted by Gasteiger charge is 2.22. The van der Waals surface area contributed by atoms with Crippen LogP contribution in [0.15, 0.2) is 30.3 Å². The van der Waals surface area contributed by atoms with Gasteiger partial charge in [0.05, 0.1) is 0 Å². The van der Waals surface area contributed by atoms with Gasteiger partial charge in [-0.15, -0.1) is 11.8 Å². The molecule has 4 heteroatoms. The van der Waals surface area contributed by atoms with Crippen molar-refractivity contribution in [3.8, 4) is 0 Å². The second kappa shape index (κ2) is 6.81. The smallest absolute Gasteiger partial charge is 0.237 e. The number of carbonyl (C=O) groups excluding carboxylic acids is 1. The predicted molar refractivity (Wildman–Crippen MR) is 76.7 cm³/mol. The molecule has 98 valence electrons. The van der Waals surface area contributed by atoms with Crippen LogP contribution < -0.4 is 10.6 Å². The fourth-order valence-electron chi connectivity index (χ4n) is 2.27. The number of hydrogen-bond acceptors (Lipinski definition) is 3. The van der Waals surface area contributed by atoms with Crippen LogP contribution in [0.5, 0.6) is 0 Å². The number of thioether (sulfide) groups is 1. The Hall–Kier alpha value is -1.00. The molecule has 18 heavy (non-hydrogen) atoms. The molecular weight excluding hydrogens is 244 g/mol. The van der Waals surface area contributed by atoms with Crippen LogP contribution in [-0.2, 0) is 4.79 Å². The molecule has 1 aliphatic heterocycles. The summed E-state index contributed by atoms with van der Waals surface area (Å²) in [7, 11) is 0. The molecule has 0 aliphatic carbocycles. The third kappa shape index (κ3) is 3.50. The Morgan fingerprint density at radius 2 is 2.22 bits per heavy atom. The van der Waals surface area contributed by atoms with Crippen molar-refractivity contribution in [1.29, 1.82) is 0 Å². The molecule has 1 aromatic carbocycles. The lowest BCUT2D eigenvalue weighted by Gasteiger charge is -2.25. The van der Waals surface area contributed by atoms with E-state index in [0.29, 0.717) is 0 Å². The molecule has 1 amide bonds. The van der Waals surface area contributed by atoms with Gasteiger partial charge in [0.2, 0.25) is 5.91 Å². The number of hydrogen-bond donors (Lipinski definition) is 2. The molecule has 1 aromatic rings. The lowest BCUT2D eigenvalue weighted by atomic mass is 10.1. The van der Waals surface area contributed by atoms with Crippen LogP contribution in [0, 0.1) is 0 Å². The molecule has 1 fully saturated rings. The Morgan fingerprint density at radius 1 is 1.44 bits per heavy atom. The zero-order valence-corrected chi connectivity index (χ0v) is 11.5. The van der Waals surface area contributed by atoms with Gasteiger partial charge in [0, 0.05) is 12.6 Å². The van der Waals surface area contributed by atoms with E-state index in [1.807, 2.05) is 36.6 Å². The van der Waals surface area contributed by atoms with Gasteiger partial charge in [0.1, 0.15) is 5.25 Å². The first-order valence-electron chi connectivity index (χ1n) is 6.40. The van der Waals surface area contributed by atoms with Crippen molar-refractivity contribution in [2.24, 2.45) is 0 Å². The molecule has 0 saturated carbocycles. The van der Waals surface area contributed by atoms with Crippen LogP contribution in [-0.4, -0.2) is 31.3 Å². The number of carbonyl (C=O) groups is 1. The molecule has 1 aliphatic rings. The average molecular weight is 264 g/mol. The first-order valence-corrected chi connectivity index (χ1v) is 7.69. The maximum Gasteiger partial charge on any atom is 0.237 e. The second-order valence-corrected chi connectivity index (χ2v) is 5.52. The summed E-state index contributed by atoms with van der Waals surface area (Å²) in [6, 6.07) is 10.2. The van der Waals surface area contributed by atoms with Crippen molar-refractivity contribution in [3.05, 3.63) is 35.9 Å². The quantitative estimate of drug-likeness (QED) is 0.873. The number of benzene rings is 1. The summed E-state index contributed by atoms with van der Waals surface area (Å²) in [4.78, 5) is 12.3. The van der Waals surface area contributed by atoms with E-state index in [1.54, 1.807) is 11.8 Å². The normalized spacial score (nSPS) is 21.3. The maximum atomic E-state index is 12.3. The summed E-state index contributed by atoms with van der Waals surface area (Å²) in [5, 5.41) is 6.36. The van der Waals surface area contributed by atoms with Crippen molar-refractivity contribution in [1.82, 2.24) is 10.6 Å². The Kier molecular flexibility index (Phi) is 5.08. The Bertz CT molecular complexity index is 377. The molecular formula is C14H20N2OS. The third-order valence-corrected chi connectivity index (χ3v) is 4.18. The largest absolute Gasteiger partial charge is 0.351 e. The maximum absolute atomic E-state index is 12.3. The van der Waals surface area contributed by atoms with Gasteiger partial charge in [-0.05, 0) is 31.2 Å². The topological polar surface area (TPSA) is 41.1 Å². The minimum atomic E-state index is -0.104. The first kappa shape index (κ1) is 13.4. The van der Waals surface area contributed by atoms with Crippen LogP contribution in [0.4, 0.5) is 0 Å². The Balaban J connectivity index is 1.97. The van der Waals surface area contributed by atoms with E-state index in [4.69, 9.17) is 0 Å². The van der Waals surface area contributed by atoms with E-state index >= 15 is 0 Å². The van der Waals surface area contributed by atoms with Gasteiger partial charge < -0.3 is 10.6 Å². The Morgan fingerprint density at radius 3 is 2.83 bits per heavy atom. The van der Waals surface area contributed by atoms with Crippen molar-refractivity contribution in [2.75, 3.05) is 19.3 Å². The molecule has 0 radical (unpaired) electrons. The number of nitrogens with one attached hydrogen (secondary N) is 2. The van der Waals surface area contributed by atoms with Gasteiger partial charge in [0.25, 0.3) is 0 Å². The minimum absolute atomic E-state index is 0.104. The number of rotatable bonds is 4. The molecule has 2 rings (SSSR count). The van der Waals surface area contributed by atoms with E-state index in [-0.39, 0.29) is 17.2 Å². The second-order valence-electron chi connectivity index (χ2n) is 4.58. The number of piperidine rings is 1. The molecule has 1 heterocycles. The van der Waals surface area contributed by atoms with Crippen LogP contribution >= 0.6 is 11.8 Å². The predicted octanol–water partition coefficient (Wildman–Crippen LogP) is 1.96. The van der Waals surface area contributed by atoms with Crippen LogP contribution in [0.3, 0.4) is 0 Å². The Labute approximate surface area is 113 Å². The lowest BCUT2D eigenvalue weighted by molar-refractivity contribution is -0.121. The van der Waals surface area contributed by atoms with Crippen LogP contribution in [0.1, 0.15) is 23.7 Å². The minimum Gasteiger partial charge on any atom is -0.351 e. The SMILES string of the molecule is CSC(C(=O)N[C@H]1CCCNC1)c1ccccc1. The van der Waals surface area contributed by atoms with Gasteiger partial charge in [-0.2, -0.15) is 0 Å². The summed E-state index contributed by atoms with van der Waals surface area (Å²) in [6.07, 6.45) is 4.20. The summed E-state index contributed by atoms with van der Waals surface area (Å²) >= 11 is 1.59. The van der Waals surface area contributed by atoms with Crippen molar-refractivity contribution < 1.29 is 4.79 Å². The van der Waals surface area contributed by atoms with Gasteiger partial charge >= 0.3 is 0 Å². The monoisotopic (exact) mass is 264 g/mol. The fraction of sp³-hybridized carbons (Fsp3) is 0.500. The van der Waals surface area contributed by atoms with Crippen molar-refractivity contribution in [2.45, 2.75) is 24.1 Å². The summed E-state index contributed by atoms with van der Waals surface area (Å²) < 4.78 is 0. The summed E-state index contributed by atoms with van der Waals surface area (Å²) in [5.41, 5.74) is 1.08. The standard InChI is InChI=1S/C14H20N2OS/c1-18-13(11-6-3-2-4-7-11)14(17)16-12-8-5-9-15-10-12/h2-4,6-7,12-13,15H,5,8-10H2,1H3,(H,16,17)/t12-,13?/m0/s1. The van der Waals surface area contributed by atoms with E-state index < -0.39 is 0 Å². The lowest BCUT2D eigenvalue weighted by Crippen LogP contribution is -2.46. The van der Waals surface area contributed by atoms with Gasteiger partial charge in [0.15, 0.2) is 0 Å². The van der Waals surface area contributed by atoms with Gasteiger partial charge in [-0.1, -0.05) is 30.3 Å². The molecule has 0 spiro atoms.